The van der Waals surface area contributed by atoms with Crippen molar-refractivity contribution in [2.24, 2.45) is 0 Å². The molecule has 1 aliphatic rings. The zero-order chi connectivity index (χ0) is 17.0. The molecular formula is C17H26N2O4. The normalized spacial score (nSPS) is 17.2. The average molecular weight is 322 g/mol. The molecule has 0 saturated heterocycles. The van der Waals surface area contributed by atoms with Crippen LogP contribution in [0.1, 0.15) is 25.8 Å². The summed E-state index contributed by atoms with van der Waals surface area (Å²) in [6.07, 6.45) is 0.319. The Bertz CT molecular complexity index is 560. The molecule has 0 radical (unpaired) electrons. The predicted molar refractivity (Wildman–Crippen MR) is 89.1 cm³/mol. The second kappa shape index (κ2) is 7.66. The molecule has 1 heterocycles. The van der Waals surface area contributed by atoms with Gasteiger partial charge < -0.3 is 24.4 Å². The summed E-state index contributed by atoms with van der Waals surface area (Å²) in [5.74, 6) is 1.10. The van der Waals surface area contributed by atoms with E-state index in [0.717, 1.165) is 13.0 Å². The number of carbonyl (C=O) groups is 1. The molecule has 1 aromatic carbocycles. The van der Waals surface area contributed by atoms with Crippen LogP contribution in [0.3, 0.4) is 0 Å². The summed E-state index contributed by atoms with van der Waals surface area (Å²) in [6.45, 7) is 5.53. The highest BCUT2D eigenvalue weighted by molar-refractivity contribution is 6.00. The zero-order valence-electron chi connectivity index (χ0n) is 14.3. The van der Waals surface area contributed by atoms with E-state index in [4.69, 9.17) is 9.47 Å². The third-order valence-corrected chi connectivity index (χ3v) is 3.76. The smallest absolute Gasteiger partial charge is 0.267 e. The fourth-order valence-corrected chi connectivity index (χ4v) is 2.66. The van der Waals surface area contributed by atoms with E-state index in [1.165, 1.54) is 0 Å². The van der Waals surface area contributed by atoms with Gasteiger partial charge in [-0.25, -0.2) is 0 Å². The fourth-order valence-electron chi connectivity index (χ4n) is 2.66. The van der Waals surface area contributed by atoms with E-state index in [1.807, 2.05) is 21.0 Å². The number of anilines is 1. The average Bonchev–Trinajstić information content (AvgIpc) is 2.51. The van der Waals surface area contributed by atoms with Crippen LogP contribution in [0, 0.1) is 0 Å². The van der Waals surface area contributed by atoms with Gasteiger partial charge in [-0.2, -0.15) is 0 Å². The van der Waals surface area contributed by atoms with Gasteiger partial charge in [-0.15, -0.1) is 0 Å². The summed E-state index contributed by atoms with van der Waals surface area (Å²) in [5.41, 5.74) is 1.39. The summed E-state index contributed by atoms with van der Waals surface area (Å²) >= 11 is 0. The molecule has 2 rings (SSSR count). The van der Waals surface area contributed by atoms with Gasteiger partial charge in [0.15, 0.2) is 17.6 Å². The minimum atomic E-state index is -0.541. The molecule has 1 aromatic rings. The maximum absolute atomic E-state index is 12.5. The molecule has 1 aliphatic heterocycles. The van der Waals surface area contributed by atoms with Gasteiger partial charge in [0.1, 0.15) is 0 Å². The van der Waals surface area contributed by atoms with Crippen molar-refractivity contribution in [2.45, 2.75) is 33.0 Å². The van der Waals surface area contributed by atoms with Crippen molar-refractivity contribution in [3.8, 4) is 11.5 Å². The number of ether oxygens (including phenoxy) is 2. The molecule has 128 valence electrons. The number of fused-ring (bicyclic) bond motifs is 1. The van der Waals surface area contributed by atoms with Gasteiger partial charge in [0, 0.05) is 6.54 Å². The minimum absolute atomic E-state index is 0.0613. The first-order chi connectivity index (χ1) is 11.0. The number of carbonyl (C=O) groups excluding carboxylic acids is 1. The lowest BCUT2D eigenvalue weighted by molar-refractivity contribution is -0.125. The topological polar surface area (TPSA) is 62.2 Å². The van der Waals surface area contributed by atoms with E-state index in [2.05, 4.69) is 4.90 Å². The fraction of sp³-hybridized carbons (Fsp3) is 0.588. The number of amides is 1. The summed E-state index contributed by atoms with van der Waals surface area (Å²) in [4.78, 5) is 16.3. The summed E-state index contributed by atoms with van der Waals surface area (Å²) in [5, 5.41) is 9.48. The molecule has 0 spiro atoms. The number of aliphatic hydroxyl groups excluding tert-OH is 1. The molecule has 1 unspecified atom stereocenters. The third kappa shape index (κ3) is 3.95. The van der Waals surface area contributed by atoms with E-state index < -0.39 is 6.10 Å². The Balaban J connectivity index is 2.37. The summed E-state index contributed by atoms with van der Waals surface area (Å²) < 4.78 is 11.4. The van der Waals surface area contributed by atoms with Gasteiger partial charge in [0.25, 0.3) is 5.91 Å². The van der Waals surface area contributed by atoms with Crippen LogP contribution in [-0.4, -0.2) is 55.8 Å². The molecule has 0 fully saturated rings. The van der Waals surface area contributed by atoms with Crippen LogP contribution in [0.2, 0.25) is 0 Å². The highest BCUT2D eigenvalue weighted by Crippen LogP contribution is 2.43. The van der Waals surface area contributed by atoms with Crippen LogP contribution >= 0.6 is 0 Å². The van der Waals surface area contributed by atoms with Crippen LogP contribution in [0.25, 0.3) is 0 Å². The maximum atomic E-state index is 12.5. The summed E-state index contributed by atoms with van der Waals surface area (Å²) in [6, 6.07) is 3.57. The van der Waals surface area contributed by atoms with Crippen molar-refractivity contribution < 1.29 is 19.4 Å². The zero-order valence-corrected chi connectivity index (χ0v) is 14.3. The highest BCUT2D eigenvalue weighted by atomic mass is 16.5. The Hall–Kier alpha value is -1.79. The van der Waals surface area contributed by atoms with Gasteiger partial charge in [-0.3, -0.25) is 4.79 Å². The van der Waals surface area contributed by atoms with Gasteiger partial charge >= 0.3 is 0 Å². The first-order valence-electron chi connectivity index (χ1n) is 8.01. The maximum Gasteiger partial charge on any atom is 0.267 e. The monoisotopic (exact) mass is 322 g/mol. The van der Waals surface area contributed by atoms with Crippen molar-refractivity contribution in [1.29, 1.82) is 0 Å². The highest BCUT2D eigenvalue weighted by Gasteiger charge is 2.33. The Kier molecular flexibility index (Phi) is 5.85. The van der Waals surface area contributed by atoms with E-state index in [9.17, 15) is 9.90 Å². The van der Waals surface area contributed by atoms with Crippen LogP contribution in [0.15, 0.2) is 12.1 Å². The lowest BCUT2D eigenvalue weighted by atomic mass is 10.1. The Labute approximate surface area is 137 Å². The number of nitrogens with zero attached hydrogens (tertiary/aromatic N) is 2. The van der Waals surface area contributed by atoms with Crippen molar-refractivity contribution >= 4 is 11.6 Å². The molecule has 1 amide bonds. The first-order valence-corrected chi connectivity index (χ1v) is 8.01. The second-order valence-electron chi connectivity index (χ2n) is 5.94. The molecule has 6 nitrogen and oxygen atoms in total. The SMILES string of the molecule is CCOc1cc(CO)cc2c1OC(C)C(=O)N2CCCN(C)C. The lowest BCUT2D eigenvalue weighted by Crippen LogP contribution is -2.45. The molecule has 0 aromatic heterocycles. The van der Waals surface area contributed by atoms with Crippen LogP contribution in [-0.2, 0) is 11.4 Å². The molecule has 1 N–H and O–H groups in total. The molecule has 23 heavy (non-hydrogen) atoms. The van der Waals surface area contributed by atoms with Crippen molar-refractivity contribution in [1.82, 2.24) is 4.90 Å². The van der Waals surface area contributed by atoms with Gasteiger partial charge in [0.2, 0.25) is 0 Å². The lowest BCUT2D eigenvalue weighted by Gasteiger charge is -2.34. The van der Waals surface area contributed by atoms with E-state index in [0.29, 0.717) is 35.9 Å². The van der Waals surface area contributed by atoms with Crippen LogP contribution in [0.4, 0.5) is 5.69 Å². The third-order valence-electron chi connectivity index (χ3n) is 3.76. The number of rotatable bonds is 7. The molecule has 0 bridgehead atoms. The van der Waals surface area contributed by atoms with Crippen molar-refractivity contribution in [2.75, 3.05) is 38.7 Å². The number of hydrogen-bond donors (Lipinski definition) is 1. The van der Waals surface area contributed by atoms with Crippen LogP contribution in [0.5, 0.6) is 11.5 Å². The molecule has 0 saturated carbocycles. The van der Waals surface area contributed by atoms with Crippen molar-refractivity contribution in [3.63, 3.8) is 0 Å². The second-order valence-corrected chi connectivity index (χ2v) is 5.94. The summed E-state index contributed by atoms with van der Waals surface area (Å²) in [7, 11) is 4.02. The number of hydrogen-bond acceptors (Lipinski definition) is 5. The van der Waals surface area contributed by atoms with Gasteiger partial charge in [0.05, 0.1) is 18.9 Å². The largest absolute Gasteiger partial charge is 0.490 e. The molecular weight excluding hydrogens is 296 g/mol. The minimum Gasteiger partial charge on any atom is -0.490 e. The van der Waals surface area contributed by atoms with E-state index in [-0.39, 0.29) is 12.5 Å². The standard InChI is InChI=1S/C17H26N2O4/c1-5-22-15-10-13(11-20)9-14-16(15)23-12(2)17(21)19(14)8-6-7-18(3)4/h9-10,12,20H,5-8,11H2,1-4H3. The first kappa shape index (κ1) is 17.6. The molecule has 0 aliphatic carbocycles. The van der Waals surface area contributed by atoms with E-state index in [1.54, 1.807) is 24.0 Å². The van der Waals surface area contributed by atoms with Gasteiger partial charge in [-0.05, 0) is 58.6 Å². The number of aliphatic hydroxyl groups is 1. The molecule has 6 heteroatoms. The Morgan fingerprint density at radius 2 is 2.13 bits per heavy atom. The van der Waals surface area contributed by atoms with Crippen LogP contribution < -0.4 is 14.4 Å². The Morgan fingerprint density at radius 3 is 2.74 bits per heavy atom. The quantitative estimate of drug-likeness (QED) is 0.827. The predicted octanol–water partition coefficient (Wildman–Crippen LogP) is 1.64. The number of benzene rings is 1. The molecule has 1 atom stereocenters. The Morgan fingerprint density at radius 1 is 1.39 bits per heavy atom. The van der Waals surface area contributed by atoms with Gasteiger partial charge in [-0.1, -0.05) is 0 Å². The van der Waals surface area contributed by atoms with Crippen molar-refractivity contribution in [3.05, 3.63) is 17.7 Å². The van der Waals surface area contributed by atoms with E-state index >= 15 is 0 Å².